The normalized spacial score (nSPS) is 14.7. The molecule has 5 aromatic rings. The van der Waals surface area contributed by atoms with Crippen LogP contribution in [0.5, 0.6) is 0 Å². The molecule has 0 bridgehead atoms. The molecular formula is C30H31BN6. The smallest absolute Gasteiger partial charge is 0.151 e. The number of fused-ring (bicyclic) bond motifs is 1. The molecule has 1 aliphatic heterocycles. The van der Waals surface area contributed by atoms with Crippen molar-refractivity contribution >= 4 is 24.8 Å². The monoisotopic (exact) mass is 486 g/mol. The van der Waals surface area contributed by atoms with Crippen molar-refractivity contribution < 1.29 is 0 Å². The van der Waals surface area contributed by atoms with Crippen LogP contribution in [0.2, 0.25) is 0 Å². The second kappa shape index (κ2) is 10.6. The van der Waals surface area contributed by atoms with Crippen LogP contribution in [0.25, 0.3) is 16.8 Å². The van der Waals surface area contributed by atoms with E-state index in [1.165, 1.54) is 16.7 Å². The SMILES string of the molecule is Bc1cnn2c(NCc3cccnc3)cc(C3CCN(Cc4cccc(-c5ccccc5)c4)CC3)nc12. The number of nitrogens with one attached hydrogen (secondary N) is 1. The standard InChI is InChI=1S/C30H31BN6/c31-27-20-34-37-29(33-19-23-7-5-13-32-18-23)17-28(35-30(27)37)25-11-14-36(15-12-25)21-22-6-4-10-26(16-22)24-8-2-1-3-9-24/h1-10,13,16-18,20,25,33H,11-12,14-15,19,21,31H2. The third-order valence-electron chi connectivity index (χ3n) is 7.31. The molecule has 0 unspecified atom stereocenters. The quantitative estimate of drug-likeness (QED) is 0.352. The third-order valence-corrected chi connectivity index (χ3v) is 7.31. The highest BCUT2D eigenvalue weighted by Crippen LogP contribution is 2.30. The highest BCUT2D eigenvalue weighted by molar-refractivity contribution is 6.36. The predicted molar refractivity (Wildman–Crippen MR) is 152 cm³/mol. The summed E-state index contributed by atoms with van der Waals surface area (Å²) in [6.45, 7) is 3.83. The number of pyridine rings is 1. The molecule has 3 aromatic heterocycles. The van der Waals surface area contributed by atoms with Gasteiger partial charge in [-0.2, -0.15) is 9.61 Å². The highest BCUT2D eigenvalue weighted by atomic mass is 15.3. The summed E-state index contributed by atoms with van der Waals surface area (Å²) >= 11 is 0. The van der Waals surface area contributed by atoms with Crippen molar-refractivity contribution in [2.45, 2.75) is 31.8 Å². The molecule has 0 atom stereocenters. The maximum atomic E-state index is 5.06. The predicted octanol–water partition coefficient (Wildman–Crippen LogP) is 4.04. The molecule has 0 saturated carbocycles. The lowest BCUT2D eigenvalue weighted by molar-refractivity contribution is 0.203. The molecule has 1 fully saturated rings. The van der Waals surface area contributed by atoms with Crippen LogP contribution in [0.1, 0.15) is 35.6 Å². The van der Waals surface area contributed by atoms with E-state index in [1.807, 2.05) is 23.0 Å². The summed E-state index contributed by atoms with van der Waals surface area (Å²) in [5, 5.41) is 8.14. The Kier molecular flexibility index (Phi) is 6.69. The van der Waals surface area contributed by atoms with E-state index in [-0.39, 0.29) is 0 Å². The Balaban J connectivity index is 1.14. The van der Waals surface area contributed by atoms with Crippen molar-refractivity contribution in [2.24, 2.45) is 0 Å². The van der Waals surface area contributed by atoms with Gasteiger partial charge in [0.25, 0.3) is 0 Å². The van der Waals surface area contributed by atoms with E-state index < -0.39 is 0 Å². The van der Waals surface area contributed by atoms with Gasteiger partial charge in [-0.15, -0.1) is 0 Å². The molecule has 184 valence electrons. The number of rotatable bonds is 7. The van der Waals surface area contributed by atoms with E-state index in [0.717, 1.165) is 60.7 Å². The number of benzene rings is 2. The van der Waals surface area contributed by atoms with Gasteiger partial charge in [-0.25, -0.2) is 4.98 Å². The van der Waals surface area contributed by atoms with Crippen LogP contribution in [-0.4, -0.2) is 45.4 Å². The number of nitrogens with zero attached hydrogens (tertiary/aromatic N) is 5. The van der Waals surface area contributed by atoms with Crippen LogP contribution in [0, 0.1) is 0 Å². The van der Waals surface area contributed by atoms with Crippen molar-refractivity contribution in [1.82, 2.24) is 24.5 Å². The van der Waals surface area contributed by atoms with Crippen molar-refractivity contribution in [1.29, 1.82) is 0 Å². The van der Waals surface area contributed by atoms with Gasteiger partial charge in [0.1, 0.15) is 13.7 Å². The number of hydrogen-bond acceptors (Lipinski definition) is 5. The van der Waals surface area contributed by atoms with Gasteiger partial charge >= 0.3 is 0 Å². The van der Waals surface area contributed by atoms with Crippen molar-refractivity contribution in [3.8, 4) is 11.1 Å². The second-order valence-electron chi connectivity index (χ2n) is 9.96. The van der Waals surface area contributed by atoms with Gasteiger partial charge in [0.15, 0.2) is 5.65 Å². The maximum Gasteiger partial charge on any atom is 0.151 e. The van der Waals surface area contributed by atoms with Gasteiger partial charge in [0.2, 0.25) is 0 Å². The Morgan fingerprint density at radius 3 is 2.49 bits per heavy atom. The summed E-state index contributed by atoms with van der Waals surface area (Å²) in [6, 6.07) is 25.8. The first-order chi connectivity index (χ1) is 18.2. The molecule has 1 aliphatic rings. The summed E-state index contributed by atoms with van der Waals surface area (Å²) in [5.74, 6) is 1.43. The Hall–Kier alpha value is -3.97. The Morgan fingerprint density at radius 2 is 1.68 bits per heavy atom. The van der Waals surface area contributed by atoms with Gasteiger partial charge in [-0.05, 0) is 65.8 Å². The second-order valence-corrected chi connectivity index (χ2v) is 9.96. The minimum atomic E-state index is 0.449. The largest absolute Gasteiger partial charge is 0.366 e. The molecule has 6 rings (SSSR count). The third kappa shape index (κ3) is 5.27. The average molecular weight is 486 g/mol. The lowest BCUT2D eigenvalue weighted by Gasteiger charge is -2.32. The first-order valence-corrected chi connectivity index (χ1v) is 13.1. The zero-order valence-electron chi connectivity index (χ0n) is 21.2. The topological polar surface area (TPSA) is 58.4 Å². The van der Waals surface area contributed by atoms with Crippen LogP contribution in [0.15, 0.2) is 91.4 Å². The number of aromatic nitrogens is 4. The fourth-order valence-electron chi connectivity index (χ4n) is 5.25. The first-order valence-electron chi connectivity index (χ1n) is 13.1. The van der Waals surface area contributed by atoms with Crippen LogP contribution in [0.4, 0.5) is 5.82 Å². The van der Waals surface area contributed by atoms with Gasteiger partial charge in [0.05, 0.1) is 0 Å². The fraction of sp³-hybridized carbons (Fsp3) is 0.233. The van der Waals surface area contributed by atoms with Crippen LogP contribution in [-0.2, 0) is 13.1 Å². The van der Waals surface area contributed by atoms with Crippen molar-refractivity contribution in [3.05, 3.63) is 108 Å². The van der Waals surface area contributed by atoms with E-state index >= 15 is 0 Å². The Labute approximate surface area is 218 Å². The highest BCUT2D eigenvalue weighted by Gasteiger charge is 2.23. The minimum Gasteiger partial charge on any atom is -0.366 e. The first kappa shape index (κ1) is 23.4. The molecule has 0 amide bonds. The van der Waals surface area contributed by atoms with Gasteiger partial charge in [-0.3, -0.25) is 9.88 Å². The molecule has 0 spiro atoms. The molecule has 1 saturated heterocycles. The maximum absolute atomic E-state index is 5.06. The Bertz CT molecular complexity index is 1480. The zero-order valence-corrected chi connectivity index (χ0v) is 21.2. The van der Waals surface area contributed by atoms with Crippen LogP contribution >= 0.6 is 0 Å². The van der Waals surface area contributed by atoms with E-state index in [9.17, 15) is 0 Å². The molecular weight excluding hydrogens is 455 g/mol. The summed E-state index contributed by atoms with van der Waals surface area (Å²) in [6.07, 6.45) is 7.81. The summed E-state index contributed by atoms with van der Waals surface area (Å²) in [7, 11) is 2.08. The molecule has 6 nitrogen and oxygen atoms in total. The van der Waals surface area contributed by atoms with Crippen LogP contribution < -0.4 is 10.8 Å². The number of hydrogen-bond donors (Lipinski definition) is 1. The van der Waals surface area contributed by atoms with E-state index in [1.54, 1.807) is 6.20 Å². The van der Waals surface area contributed by atoms with E-state index in [0.29, 0.717) is 12.5 Å². The van der Waals surface area contributed by atoms with E-state index in [4.69, 9.17) is 4.98 Å². The molecule has 1 N–H and O–H groups in total. The fourth-order valence-corrected chi connectivity index (χ4v) is 5.25. The Morgan fingerprint density at radius 1 is 0.865 bits per heavy atom. The number of piperidine rings is 1. The molecule has 7 heteroatoms. The molecule has 4 heterocycles. The lowest BCUT2D eigenvalue weighted by atomic mass is 9.92. The number of anilines is 1. The van der Waals surface area contributed by atoms with Gasteiger partial charge in [0, 0.05) is 49.4 Å². The summed E-state index contributed by atoms with van der Waals surface area (Å²) in [5.41, 5.74) is 8.27. The van der Waals surface area contributed by atoms with Crippen LogP contribution in [0.3, 0.4) is 0 Å². The molecule has 37 heavy (non-hydrogen) atoms. The zero-order chi connectivity index (χ0) is 25.0. The molecule has 0 aliphatic carbocycles. The minimum absolute atomic E-state index is 0.449. The van der Waals surface area contributed by atoms with Crippen molar-refractivity contribution in [3.63, 3.8) is 0 Å². The summed E-state index contributed by atoms with van der Waals surface area (Å²) < 4.78 is 1.92. The average Bonchev–Trinajstić information content (AvgIpc) is 3.34. The van der Waals surface area contributed by atoms with Gasteiger partial charge < -0.3 is 5.32 Å². The van der Waals surface area contributed by atoms with Gasteiger partial charge in [-0.1, -0.05) is 54.6 Å². The lowest BCUT2D eigenvalue weighted by Crippen LogP contribution is -2.32. The molecule has 2 aromatic carbocycles. The summed E-state index contributed by atoms with van der Waals surface area (Å²) in [4.78, 5) is 11.9. The van der Waals surface area contributed by atoms with E-state index in [2.05, 4.69) is 94.9 Å². The molecule has 0 radical (unpaired) electrons. The van der Waals surface area contributed by atoms with Crippen molar-refractivity contribution in [2.75, 3.05) is 18.4 Å². The number of likely N-dealkylation sites (tertiary alicyclic amines) is 1.